The Morgan fingerprint density at radius 1 is 0.958 bits per heavy atom. The van der Waals surface area contributed by atoms with E-state index >= 15 is 0 Å². The first kappa shape index (κ1) is 17.3. The third-order valence-corrected chi connectivity index (χ3v) is 3.58. The number of ether oxygens (including phenoxy) is 1. The molecule has 0 fully saturated rings. The van der Waals surface area contributed by atoms with Gasteiger partial charge in [0.1, 0.15) is 5.75 Å². The van der Waals surface area contributed by atoms with Gasteiger partial charge in [0, 0.05) is 30.9 Å². The molecule has 0 aliphatic carbocycles. The number of anilines is 1. The van der Waals surface area contributed by atoms with Crippen LogP contribution in [0.25, 0.3) is 0 Å². The van der Waals surface area contributed by atoms with Crippen LogP contribution < -0.4 is 20.5 Å². The first-order chi connectivity index (χ1) is 11.4. The van der Waals surface area contributed by atoms with E-state index in [0.717, 1.165) is 11.3 Å². The molecule has 0 radical (unpaired) electrons. The number of carbonyl (C=O) groups excluding carboxylic acids is 2. The van der Waals surface area contributed by atoms with E-state index in [1.54, 1.807) is 43.5 Å². The smallest absolute Gasteiger partial charge is 0.269 e. The summed E-state index contributed by atoms with van der Waals surface area (Å²) >= 11 is 0. The summed E-state index contributed by atoms with van der Waals surface area (Å²) in [5.41, 5.74) is 7.52. The molecule has 0 atom stereocenters. The van der Waals surface area contributed by atoms with Gasteiger partial charge in [-0.3, -0.25) is 20.4 Å². The van der Waals surface area contributed by atoms with Crippen LogP contribution in [0.15, 0.2) is 42.5 Å². The molecule has 0 aliphatic heterocycles. The summed E-state index contributed by atoms with van der Waals surface area (Å²) in [6.45, 7) is 1.89. The van der Waals surface area contributed by atoms with Crippen LogP contribution in [0.2, 0.25) is 0 Å². The predicted molar refractivity (Wildman–Crippen MR) is 93.4 cm³/mol. The van der Waals surface area contributed by atoms with Crippen LogP contribution in [0, 0.1) is 6.92 Å². The minimum Gasteiger partial charge on any atom is -0.496 e. The third kappa shape index (κ3) is 4.04. The molecule has 6 nitrogen and oxygen atoms in total. The van der Waals surface area contributed by atoms with E-state index in [1.807, 2.05) is 32.0 Å². The van der Waals surface area contributed by atoms with Crippen molar-refractivity contribution in [3.8, 4) is 5.75 Å². The number of nitrogens with zero attached hydrogens (tertiary/aromatic N) is 1. The highest BCUT2D eigenvalue weighted by Crippen LogP contribution is 2.18. The Kier molecular flexibility index (Phi) is 5.42. The van der Waals surface area contributed by atoms with E-state index in [-0.39, 0.29) is 5.91 Å². The summed E-state index contributed by atoms with van der Waals surface area (Å²) in [6, 6.07) is 12.2. The van der Waals surface area contributed by atoms with E-state index in [2.05, 4.69) is 10.9 Å². The van der Waals surface area contributed by atoms with Crippen molar-refractivity contribution < 1.29 is 14.3 Å². The van der Waals surface area contributed by atoms with Crippen LogP contribution in [0.5, 0.6) is 5.75 Å². The lowest BCUT2D eigenvalue weighted by molar-refractivity contribution is 0.0846. The van der Waals surface area contributed by atoms with Crippen LogP contribution in [-0.4, -0.2) is 33.0 Å². The Morgan fingerprint density at radius 3 is 2.17 bits per heavy atom. The van der Waals surface area contributed by atoms with Crippen molar-refractivity contribution in [2.45, 2.75) is 6.92 Å². The largest absolute Gasteiger partial charge is 0.496 e. The van der Waals surface area contributed by atoms with Gasteiger partial charge in [-0.25, -0.2) is 0 Å². The van der Waals surface area contributed by atoms with E-state index in [0.29, 0.717) is 16.9 Å². The summed E-state index contributed by atoms with van der Waals surface area (Å²) < 4.78 is 5.19. The second-order valence-corrected chi connectivity index (χ2v) is 5.54. The molecule has 2 rings (SSSR count). The van der Waals surface area contributed by atoms with Gasteiger partial charge in [0.2, 0.25) is 0 Å². The van der Waals surface area contributed by atoms with Crippen molar-refractivity contribution in [3.63, 3.8) is 0 Å². The molecule has 0 aromatic heterocycles. The Balaban J connectivity index is 2.03. The molecule has 6 heteroatoms. The van der Waals surface area contributed by atoms with Crippen molar-refractivity contribution in [1.29, 1.82) is 0 Å². The quantitative estimate of drug-likeness (QED) is 0.844. The van der Waals surface area contributed by atoms with Gasteiger partial charge < -0.3 is 9.64 Å². The second-order valence-electron chi connectivity index (χ2n) is 5.54. The molecule has 0 aliphatic rings. The fourth-order valence-electron chi connectivity index (χ4n) is 2.14. The van der Waals surface area contributed by atoms with Crippen LogP contribution in [-0.2, 0) is 0 Å². The van der Waals surface area contributed by atoms with Crippen molar-refractivity contribution in [2.24, 2.45) is 0 Å². The number of carbonyl (C=O) groups is 2. The first-order valence-corrected chi connectivity index (χ1v) is 7.45. The van der Waals surface area contributed by atoms with Crippen molar-refractivity contribution in [3.05, 3.63) is 59.2 Å². The number of hydrogen-bond acceptors (Lipinski definition) is 4. The zero-order valence-corrected chi connectivity index (χ0v) is 14.2. The molecular formula is C18H21N3O3. The van der Waals surface area contributed by atoms with E-state index in [9.17, 15) is 9.59 Å². The van der Waals surface area contributed by atoms with Gasteiger partial charge in [-0.05, 0) is 42.8 Å². The zero-order valence-electron chi connectivity index (χ0n) is 14.2. The highest BCUT2D eigenvalue weighted by Gasteiger charge is 2.11. The van der Waals surface area contributed by atoms with Crippen LogP contribution >= 0.6 is 0 Å². The summed E-state index contributed by atoms with van der Waals surface area (Å²) in [4.78, 5) is 26.2. The maximum atomic E-state index is 12.2. The Morgan fingerprint density at radius 2 is 1.58 bits per heavy atom. The van der Waals surface area contributed by atoms with E-state index < -0.39 is 5.91 Å². The van der Waals surface area contributed by atoms with E-state index in [1.165, 1.54) is 0 Å². The molecule has 0 bridgehead atoms. The topological polar surface area (TPSA) is 70.7 Å². The maximum Gasteiger partial charge on any atom is 0.269 e. The maximum absolute atomic E-state index is 12.2. The molecule has 2 aromatic carbocycles. The van der Waals surface area contributed by atoms with Crippen LogP contribution in [0.3, 0.4) is 0 Å². The zero-order chi connectivity index (χ0) is 17.7. The third-order valence-electron chi connectivity index (χ3n) is 3.58. The lowest BCUT2D eigenvalue weighted by Crippen LogP contribution is -2.41. The second kappa shape index (κ2) is 7.50. The van der Waals surface area contributed by atoms with Crippen molar-refractivity contribution in [1.82, 2.24) is 10.9 Å². The SMILES string of the molecule is COc1cc(C(=O)NNC(=O)c2cccc(N(C)C)c2)ccc1C. The predicted octanol–water partition coefficient (Wildman–Crippen LogP) is 2.14. The van der Waals surface area contributed by atoms with Gasteiger partial charge in [0.05, 0.1) is 7.11 Å². The summed E-state index contributed by atoms with van der Waals surface area (Å²) in [6.07, 6.45) is 0. The molecule has 2 aromatic rings. The molecule has 0 spiro atoms. The fraction of sp³-hybridized carbons (Fsp3) is 0.222. The minimum atomic E-state index is -0.412. The number of hydrazine groups is 1. The van der Waals surface area contributed by atoms with Gasteiger partial charge in [-0.1, -0.05) is 12.1 Å². The number of amides is 2. The van der Waals surface area contributed by atoms with Gasteiger partial charge in [-0.15, -0.1) is 0 Å². The molecule has 2 amide bonds. The highest BCUT2D eigenvalue weighted by atomic mass is 16.5. The Labute approximate surface area is 141 Å². The van der Waals surface area contributed by atoms with Crippen molar-refractivity contribution >= 4 is 17.5 Å². The first-order valence-electron chi connectivity index (χ1n) is 7.45. The summed E-state index contributed by atoms with van der Waals surface area (Å²) in [7, 11) is 5.33. The van der Waals surface area contributed by atoms with Crippen LogP contribution in [0.1, 0.15) is 26.3 Å². The minimum absolute atomic E-state index is 0.383. The lowest BCUT2D eigenvalue weighted by atomic mass is 10.1. The standard InChI is InChI=1S/C18H21N3O3/c1-12-8-9-14(11-16(12)24-4)18(23)20-19-17(22)13-6-5-7-15(10-13)21(2)3/h5-11H,1-4H3,(H,19,22)(H,20,23). The number of aryl methyl sites for hydroxylation is 1. The number of nitrogens with one attached hydrogen (secondary N) is 2. The molecule has 0 saturated heterocycles. The molecule has 126 valence electrons. The van der Waals surface area contributed by atoms with Gasteiger partial charge in [-0.2, -0.15) is 0 Å². The van der Waals surface area contributed by atoms with Crippen LogP contribution in [0.4, 0.5) is 5.69 Å². The van der Waals surface area contributed by atoms with Gasteiger partial charge >= 0.3 is 0 Å². The van der Waals surface area contributed by atoms with Gasteiger partial charge in [0.25, 0.3) is 11.8 Å². The van der Waals surface area contributed by atoms with E-state index in [4.69, 9.17) is 4.74 Å². The number of benzene rings is 2. The molecule has 24 heavy (non-hydrogen) atoms. The number of rotatable bonds is 4. The van der Waals surface area contributed by atoms with Gasteiger partial charge in [0.15, 0.2) is 0 Å². The lowest BCUT2D eigenvalue weighted by Gasteiger charge is -2.14. The molecule has 0 unspecified atom stereocenters. The Hall–Kier alpha value is -3.02. The monoisotopic (exact) mass is 327 g/mol. The highest BCUT2D eigenvalue weighted by molar-refractivity contribution is 5.99. The average molecular weight is 327 g/mol. The molecule has 0 heterocycles. The van der Waals surface area contributed by atoms with Crippen molar-refractivity contribution in [2.75, 3.05) is 26.1 Å². The molecular weight excluding hydrogens is 306 g/mol. The molecule has 0 saturated carbocycles. The normalized spacial score (nSPS) is 10.0. The number of methoxy groups -OCH3 is 1. The Bertz CT molecular complexity index is 757. The summed E-state index contributed by atoms with van der Waals surface area (Å²) in [5.74, 6) is -0.177. The fourth-order valence-corrected chi connectivity index (χ4v) is 2.14. The number of hydrogen-bond donors (Lipinski definition) is 2. The average Bonchev–Trinajstić information content (AvgIpc) is 2.59. The summed E-state index contributed by atoms with van der Waals surface area (Å²) in [5, 5.41) is 0. The molecule has 2 N–H and O–H groups in total.